The highest BCUT2D eigenvalue weighted by Crippen LogP contribution is 2.34. The number of rotatable bonds is 2. The lowest BCUT2D eigenvalue weighted by molar-refractivity contribution is 0.590. The minimum Gasteiger partial charge on any atom is -0.313 e. The Hall–Kier alpha value is -1.67. The van der Waals surface area contributed by atoms with E-state index in [9.17, 15) is 4.39 Å². The van der Waals surface area contributed by atoms with Crippen LogP contribution in [0.3, 0.4) is 0 Å². The quantitative estimate of drug-likeness (QED) is 0.855. The van der Waals surface area contributed by atoms with Crippen molar-refractivity contribution in [1.82, 2.24) is 5.32 Å². The Bertz CT molecular complexity index is 619. The van der Waals surface area contributed by atoms with Crippen LogP contribution in [0, 0.1) is 12.7 Å². The summed E-state index contributed by atoms with van der Waals surface area (Å²) in [5, 5.41) is 3.35. The molecule has 2 heteroatoms. The zero-order chi connectivity index (χ0) is 13.4. The molecule has 98 valence electrons. The lowest BCUT2D eigenvalue weighted by atomic mass is 9.96. The van der Waals surface area contributed by atoms with E-state index in [1.807, 2.05) is 20.0 Å². The molecule has 1 nitrogen and oxygen atoms in total. The van der Waals surface area contributed by atoms with Gasteiger partial charge >= 0.3 is 0 Å². The molecule has 1 N–H and O–H groups in total. The predicted molar refractivity (Wildman–Crippen MR) is 76.7 cm³/mol. The molecule has 0 saturated carbocycles. The standard InChI is InChI=1S/C17H18FN/c1-11-9-14(18)5-7-15(11)12-3-6-16-13(10-12)4-8-17(16)19-2/h3,5-7,9-10,17,19H,4,8H2,1-2H3. The number of fused-ring (bicyclic) bond motifs is 1. The van der Waals surface area contributed by atoms with E-state index in [0.717, 1.165) is 24.0 Å². The van der Waals surface area contributed by atoms with Crippen LogP contribution in [0.15, 0.2) is 36.4 Å². The molecular weight excluding hydrogens is 237 g/mol. The molecule has 2 aromatic rings. The summed E-state index contributed by atoms with van der Waals surface area (Å²) in [4.78, 5) is 0. The van der Waals surface area contributed by atoms with Crippen molar-refractivity contribution in [1.29, 1.82) is 0 Å². The van der Waals surface area contributed by atoms with E-state index in [4.69, 9.17) is 0 Å². The second-order valence-corrected chi connectivity index (χ2v) is 5.25. The van der Waals surface area contributed by atoms with Crippen LogP contribution in [0.4, 0.5) is 4.39 Å². The molecule has 0 heterocycles. The summed E-state index contributed by atoms with van der Waals surface area (Å²) in [6.07, 6.45) is 2.28. The molecule has 0 aromatic heterocycles. The van der Waals surface area contributed by atoms with Crippen LogP contribution in [0.5, 0.6) is 0 Å². The van der Waals surface area contributed by atoms with Gasteiger partial charge in [0.15, 0.2) is 0 Å². The molecule has 1 unspecified atom stereocenters. The van der Waals surface area contributed by atoms with Gasteiger partial charge in [0.25, 0.3) is 0 Å². The highest BCUT2D eigenvalue weighted by atomic mass is 19.1. The van der Waals surface area contributed by atoms with Crippen molar-refractivity contribution in [2.24, 2.45) is 0 Å². The lowest BCUT2D eigenvalue weighted by Crippen LogP contribution is -2.12. The van der Waals surface area contributed by atoms with Crippen molar-refractivity contribution in [3.63, 3.8) is 0 Å². The Balaban J connectivity index is 2.03. The molecule has 1 aliphatic carbocycles. The van der Waals surface area contributed by atoms with Gasteiger partial charge in [-0.25, -0.2) is 4.39 Å². The second kappa shape index (κ2) is 4.78. The van der Waals surface area contributed by atoms with Crippen LogP contribution >= 0.6 is 0 Å². The van der Waals surface area contributed by atoms with Gasteiger partial charge < -0.3 is 5.32 Å². The average Bonchev–Trinajstić information content (AvgIpc) is 2.80. The third-order valence-corrected chi connectivity index (χ3v) is 4.07. The van der Waals surface area contributed by atoms with Crippen molar-refractivity contribution in [3.8, 4) is 11.1 Å². The van der Waals surface area contributed by atoms with Crippen molar-refractivity contribution in [2.45, 2.75) is 25.8 Å². The van der Waals surface area contributed by atoms with Gasteiger partial charge in [-0.3, -0.25) is 0 Å². The van der Waals surface area contributed by atoms with Gasteiger partial charge in [-0.2, -0.15) is 0 Å². The van der Waals surface area contributed by atoms with Gasteiger partial charge in [-0.1, -0.05) is 24.3 Å². The van der Waals surface area contributed by atoms with Crippen molar-refractivity contribution < 1.29 is 4.39 Å². The summed E-state index contributed by atoms with van der Waals surface area (Å²) in [5.41, 5.74) is 6.12. The van der Waals surface area contributed by atoms with E-state index >= 15 is 0 Å². The maximum Gasteiger partial charge on any atom is 0.123 e. The predicted octanol–water partition coefficient (Wildman–Crippen LogP) is 4.01. The fourth-order valence-corrected chi connectivity index (χ4v) is 3.04. The molecule has 0 amide bonds. The largest absolute Gasteiger partial charge is 0.313 e. The SMILES string of the molecule is CNC1CCc2cc(-c3ccc(F)cc3C)ccc21. The first kappa shape index (κ1) is 12.4. The van der Waals surface area contributed by atoms with Gasteiger partial charge in [0.05, 0.1) is 0 Å². The summed E-state index contributed by atoms with van der Waals surface area (Å²) in [6, 6.07) is 12.1. The molecule has 1 atom stereocenters. The first-order valence-corrected chi connectivity index (χ1v) is 6.75. The maximum absolute atomic E-state index is 13.2. The topological polar surface area (TPSA) is 12.0 Å². The molecule has 0 spiro atoms. The highest BCUT2D eigenvalue weighted by Gasteiger charge is 2.21. The summed E-state index contributed by atoms with van der Waals surface area (Å²) < 4.78 is 13.2. The third-order valence-electron chi connectivity index (χ3n) is 4.07. The van der Waals surface area contributed by atoms with Crippen LogP contribution in [-0.4, -0.2) is 7.05 Å². The summed E-state index contributed by atoms with van der Waals surface area (Å²) >= 11 is 0. The van der Waals surface area contributed by atoms with E-state index in [1.165, 1.54) is 22.8 Å². The monoisotopic (exact) mass is 255 g/mol. The van der Waals surface area contributed by atoms with E-state index in [1.54, 1.807) is 6.07 Å². The van der Waals surface area contributed by atoms with Gasteiger partial charge in [-0.05, 0) is 66.8 Å². The Morgan fingerprint density at radius 2 is 2.00 bits per heavy atom. The van der Waals surface area contributed by atoms with Crippen LogP contribution in [-0.2, 0) is 6.42 Å². The lowest BCUT2D eigenvalue weighted by Gasteiger charge is -2.12. The van der Waals surface area contributed by atoms with Gasteiger partial charge in [0, 0.05) is 6.04 Å². The molecule has 0 saturated heterocycles. The Morgan fingerprint density at radius 3 is 2.74 bits per heavy atom. The first-order chi connectivity index (χ1) is 9.19. The Morgan fingerprint density at radius 1 is 1.16 bits per heavy atom. The highest BCUT2D eigenvalue weighted by molar-refractivity contribution is 5.68. The zero-order valence-corrected chi connectivity index (χ0v) is 11.3. The number of benzene rings is 2. The van der Waals surface area contributed by atoms with E-state index in [2.05, 4.69) is 23.5 Å². The number of aryl methyl sites for hydroxylation is 2. The van der Waals surface area contributed by atoms with Crippen LogP contribution < -0.4 is 5.32 Å². The van der Waals surface area contributed by atoms with Crippen molar-refractivity contribution in [3.05, 3.63) is 58.9 Å². The zero-order valence-electron chi connectivity index (χ0n) is 11.3. The Labute approximate surface area is 113 Å². The molecule has 19 heavy (non-hydrogen) atoms. The fourth-order valence-electron chi connectivity index (χ4n) is 3.04. The number of halogens is 1. The maximum atomic E-state index is 13.2. The Kier molecular flexibility index (Phi) is 3.11. The van der Waals surface area contributed by atoms with Crippen LogP contribution in [0.1, 0.15) is 29.2 Å². The molecule has 3 rings (SSSR count). The second-order valence-electron chi connectivity index (χ2n) is 5.25. The van der Waals surface area contributed by atoms with E-state index < -0.39 is 0 Å². The van der Waals surface area contributed by atoms with Gasteiger partial charge in [0.1, 0.15) is 5.82 Å². The molecule has 2 aromatic carbocycles. The molecule has 0 radical (unpaired) electrons. The number of hydrogen-bond donors (Lipinski definition) is 1. The van der Waals surface area contributed by atoms with Crippen molar-refractivity contribution >= 4 is 0 Å². The molecule has 1 aliphatic rings. The minimum absolute atomic E-state index is 0.169. The molecule has 0 bridgehead atoms. The van der Waals surface area contributed by atoms with Crippen LogP contribution in [0.2, 0.25) is 0 Å². The summed E-state index contributed by atoms with van der Waals surface area (Å²) in [6.45, 7) is 1.96. The molecule has 0 aliphatic heterocycles. The smallest absolute Gasteiger partial charge is 0.123 e. The van der Waals surface area contributed by atoms with Gasteiger partial charge in [-0.15, -0.1) is 0 Å². The minimum atomic E-state index is -0.169. The number of hydrogen-bond acceptors (Lipinski definition) is 1. The number of nitrogens with one attached hydrogen (secondary N) is 1. The van der Waals surface area contributed by atoms with E-state index in [-0.39, 0.29) is 5.82 Å². The summed E-state index contributed by atoms with van der Waals surface area (Å²) in [7, 11) is 2.01. The van der Waals surface area contributed by atoms with E-state index in [0.29, 0.717) is 6.04 Å². The molecular formula is C17H18FN. The van der Waals surface area contributed by atoms with Gasteiger partial charge in [0.2, 0.25) is 0 Å². The first-order valence-electron chi connectivity index (χ1n) is 6.75. The summed E-state index contributed by atoms with van der Waals surface area (Å²) in [5.74, 6) is -0.169. The van der Waals surface area contributed by atoms with Crippen molar-refractivity contribution in [2.75, 3.05) is 7.05 Å². The third kappa shape index (κ3) is 2.17. The molecule has 0 fully saturated rings. The van der Waals surface area contributed by atoms with Crippen LogP contribution in [0.25, 0.3) is 11.1 Å². The fraction of sp³-hybridized carbons (Fsp3) is 0.294. The average molecular weight is 255 g/mol. The normalized spacial score (nSPS) is 17.5.